The lowest BCUT2D eigenvalue weighted by Crippen LogP contribution is -1.98. The Bertz CT molecular complexity index is 586. The quantitative estimate of drug-likeness (QED) is 0.891. The fourth-order valence-corrected chi connectivity index (χ4v) is 1.57. The summed E-state index contributed by atoms with van der Waals surface area (Å²) in [4.78, 5) is 14.7. The van der Waals surface area contributed by atoms with Crippen molar-refractivity contribution in [2.75, 3.05) is 0 Å². The van der Waals surface area contributed by atoms with Gasteiger partial charge in [-0.2, -0.15) is 0 Å². The number of carboxylic acids is 1. The fraction of sp³-hybridized carbons (Fsp3) is 0. The summed E-state index contributed by atoms with van der Waals surface area (Å²) in [6.45, 7) is 0. The molecule has 5 heteroatoms. The molecule has 1 N–H and O–H groups in total. The molecule has 1 heterocycles. The molecule has 2 aromatic rings. The van der Waals surface area contributed by atoms with E-state index in [4.69, 9.17) is 16.7 Å². The van der Waals surface area contributed by atoms with Crippen LogP contribution in [-0.4, -0.2) is 16.1 Å². The van der Waals surface area contributed by atoms with Gasteiger partial charge in [0, 0.05) is 16.8 Å². The average molecular weight is 252 g/mol. The Kier molecular flexibility index (Phi) is 3.06. The first-order chi connectivity index (χ1) is 8.08. The summed E-state index contributed by atoms with van der Waals surface area (Å²) in [7, 11) is 0. The minimum absolute atomic E-state index is 0.0596. The highest BCUT2D eigenvalue weighted by atomic mass is 35.5. The lowest BCUT2D eigenvalue weighted by atomic mass is 10.1. The van der Waals surface area contributed by atoms with Gasteiger partial charge in [-0.25, -0.2) is 9.18 Å². The van der Waals surface area contributed by atoms with Crippen molar-refractivity contribution in [1.82, 2.24) is 4.98 Å². The van der Waals surface area contributed by atoms with E-state index in [2.05, 4.69) is 4.98 Å². The number of aromatic carboxylic acids is 1. The van der Waals surface area contributed by atoms with Crippen LogP contribution in [0.5, 0.6) is 0 Å². The van der Waals surface area contributed by atoms with E-state index >= 15 is 0 Å². The average Bonchev–Trinajstić information content (AvgIpc) is 2.29. The molecular weight excluding hydrogens is 245 g/mol. The maximum absolute atomic E-state index is 13.6. The molecule has 0 unspecified atom stereocenters. The Labute approximate surface area is 101 Å². The Morgan fingerprint density at radius 3 is 2.71 bits per heavy atom. The predicted molar refractivity (Wildman–Crippen MR) is 61.6 cm³/mol. The van der Waals surface area contributed by atoms with E-state index in [1.165, 1.54) is 30.5 Å². The van der Waals surface area contributed by atoms with Crippen molar-refractivity contribution >= 4 is 17.6 Å². The van der Waals surface area contributed by atoms with Crippen LogP contribution in [0.4, 0.5) is 4.39 Å². The molecule has 0 aliphatic heterocycles. The Morgan fingerprint density at radius 2 is 2.06 bits per heavy atom. The van der Waals surface area contributed by atoms with Gasteiger partial charge < -0.3 is 5.11 Å². The number of pyridine rings is 1. The molecule has 0 radical (unpaired) electrons. The SMILES string of the molecule is O=C(O)c1ccnc(-c2ccc(Cl)cc2F)c1. The van der Waals surface area contributed by atoms with Crippen LogP contribution in [-0.2, 0) is 0 Å². The van der Waals surface area contributed by atoms with E-state index in [-0.39, 0.29) is 21.8 Å². The largest absolute Gasteiger partial charge is 0.478 e. The van der Waals surface area contributed by atoms with Gasteiger partial charge in [0.1, 0.15) is 5.82 Å². The van der Waals surface area contributed by atoms with Crippen molar-refractivity contribution in [2.45, 2.75) is 0 Å². The summed E-state index contributed by atoms with van der Waals surface area (Å²) < 4.78 is 13.6. The number of carboxylic acid groups (broad SMARTS) is 1. The molecule has 2 rings (SSSR count). The lowest BCUT2D eigenvalue weighted by Gasteiger charge is -2.03. The van der Waals surface area contributed by atoms with E-state index < -0.39 is 11.8 Å². The van der Waals surface area contributed by atoms with Gasteiger partial charge in [-0.1, -0.05) is 11.6 Å². The number of hydrogen-bond acceptors (Lipinski definition) is 2. The summed E-state index contributed by atoms with van der Waals surface area (Å²) >= 11 is 5.63. The van der Waals surface area contributed by atoms with Gasteiger partial charge in [-0.15, -0.1) is 0 Å². The monoisotopic (exact) mass is 251 g/mol. The van der Waals surface area contributed by atoms with Crippen LogP contribution >= 0.6 is 11.6 Å². The Morgan fingerprint density at radius 1 is 1.29 bits per heavy atom. The molecule has 0 bridgehead atoms. The molecule has 0 saturated heterocycles. The van der Waals surface area contributed by atoms with E-state index in [0.29, 0.717) is 0 Å². The summed E-state index contributed by atoms with van der Waals surface area (Å²) in [5.41, 5.74) is 0.543. The zero-order valence-corrected chi connectivity index (χ0v) is 9.28. The molecule has 0 fully saturated rings. The number of nitrogens with zero attached hydrogens (tertiary/aromatic N) is 1. The van der Waals surface area contributed by atoms with E-state index in [1.807, 2.05) is 0 Å². The zero-order valence-electron chi connectivity index (χ0n) is 8.52. The molecule has 86 valence electrons. The minimum atomic E-state index is -1.08. The lowest BCUT2D eigenvalue weighted by molar-refractivity contribution is 0.0697. The second-order valence-electron chi connectivity index (χ2n) is 3.36. The molecule has 1 aromatic carbocycles. The predicted octanol–water partition coefficient (Wildman–Crippen LogP) is 3.24. The fourth-order valence-electron chi connectivity index (χ4n) is 1.41. The third-order valence-corrected chi connectivity index (χ3v) is 2.45. The molecule has 3 nitrogen and oxygen atoms in total. The first-order valence-electron chi connectivity index (χ1n) is 4.72. The number of hydrogen-bond donors (Lipinski definition) is 1. The molecular formula is C12H7ClFNO2. The highest BCUT2D eigenvalue weighted by Crippen LogP contribution is 2.24. The summed E-state index contributed by atoms with van der Waals surface area (Å²) in [6.07, 6.45) is 1.33. The van der Waals surface area contributed by atoms with Gasteiger partial charge in [-0.3, -0.25) is 4.98 Å². The van der Waals surface area contributed by atoms with Crippen LogP contribution in [0.3, 0.4) is 0 Å². The van der Waals surface area contributed by atoms with E-state index in [1.54, 1.807) is 0 Å². The highest BCUT2D eigenvalue weighted by molar-refractivity contribution is 6.30. The molecule has 0 aliphatic carbocycles. The normalized spacial score (nSPS) is 10.2. The second-order valence-corrected chi connectivity index (χ2v) is 3.80. The molecule has 0 amide bonds. The smallest absolute Gasteiger partial charge is 0.335 e. The van der Waals surface area contributed by atoms with Crippen molar-refractivity contribution in [2.24, 2.45) is 0 Å². The first kappa shape index (κ1) is 11.5. The van der Waals surface area contributed by atoms with E-state index in [0.717, 1.165) is 6.07 Å². The molecule has 0 saturated carbocycles. The van der Waals surface area contributed by atoms with Gasteiger partial charge >= 0.3 is 5.97 Å². The van der Waals surface area contributed by atoms with Crippen LogP contribution in [0.15, 0.2) is 36.5 Å². The van der Waals surface area contributed by atoms with Crippen LogP contribution < -0.4 is 0 Å². The number of aromatic nitrogens is 1. The Balaban J connectivity index is 2.53. The van der Waals surface area contributed by atoms with Gasteiger partial charge in [-0.05, 0) is 30.3 Å². The molecule has 0 spiro atoms. The standard InChI is InChI=1S/C12H7ClFNO2/c13-8-1-2-9(10(14)6-8)11-5-7(12(16)17)3-4-15-11/h1-6H,(H,16,17). The molecule has 1 aromatic heterocycles. The van der Waals surface area contributed by atoms with Crippen LogP contribution in [0.2, 0.25) is 5.02 Å². The van der Waals surface area contributed by atoms with Crippen molar-refractivity contribution in [3.8, 4) is 11.3 Å². The number of rotatable bonds is 2. The van der Waals surface area contributed by atoms with Crippen LogP contribution in [0.25, 0.3) is 11.3 Å². The van der Waals surface area contributed by atoms with Crippen LogP contribution in [0, 0.1) is 5.82 Å². The highest BCUT2D eigenvalue weighted by Gasteiger charge is 2.10. The third kappa shape index (κ3) is 2.42. The van der Waals surface area contributed by atoms with Crippen molar-refractivity contribution < 1.29 is 14.3 Å². The molecule has 0 atom stereocenters. The molecule has 17 heavy (non-hydrogen) atoms. The van der Waals surface area contributed by atoms with Crippen molar-refractivity contribution in [3.05, 3.63) is 52.9 Å². The Hall–Kier alpha value is -1.94. The maximum Gasteiger partial charge on any atom is 0.335 e. The number of carbonyl (C=O) groups is 1. The second kappa shape index (κ2) is 4.51. The van der Waals surface area contributed by atoms with Gasteiger partial charge in [0.05, 0.1) is 11.3 Å². The topological polar surface area (TPSA) is 50.2 Å². The van der Waals surface area contributed by atoms with Crippen molar-refractivity contribution in [3.63, 3.8) is 0 Å². The third-order valence-electron chi connectivity index (χ3n) is 2.21. The maximum atomic E-state index is 13.6. The summed E-state index contributed by atoms with van der Waals surface area (Å²) in [5.74, 6) is -1.62. The zero-order chi connectivity index (χ0) is 12.4. The number of benzene rings is 1. The molecule has 0 aliphatic rings. The number of halogens is 2. The summed E-state index contributed by atoms with van der Waals surface area (Å²) in [6, 6.07) is 6.81. The summed E-state index contributed by atoms with van der Waals surface area (Å²) in [5, 5.41) is 9.11. The van der Waals surface area contributed by atoms with Crippen LogP contribution in [0.1, 0.15) is 10.4 Å². The van der Waals surface area contributed by atoms with Gasteiger partial charge in [0.15, 0.2) is 0 Å². The minimum Gasteiger partial charge on any atom is -0.478 e. The van der Waals surface area contributed by atoms with E-state index in [9.17, 15) is 9.18 Å². The first-order valence-corrected chi connectivity index (χ1v) is 5.10. The van der Waals surface area contributed by atoms with Gasteiger partial charge in [0.2, 0.25) is 0 Å². The van der Waals surface area contributed by atoms with Gasteiger partial charge in [0.25, 0.3) is 0 Å². The van der Waals surface area contributed by atoms with Crippen molar-refractivity contribution in [1.29, 1.82) is 0 Å².